The molecule has 2 N–H and O–H groups in total. The van der Waals surface area contributed by atoms with Crippen LogP contribution in [-0.2, 0) is 0 Å². The van der Waals surface area contributed by atoms with Gasteiger partial charge in [-0.25, -0.2) is 0 Å². The highest BCUT2D eigenvalue weighted by atomic mass is 127. The van der Waals surface area contributed by atoms with Crippen LogP contribution in [0.3, 0.4) is 0 Å². The lowest BCUT2D eigenvalue weighted by atomic mass is 9.99. The van der Waals surface area contributed by atoms with E-state index in [-0.39, 0.29) is 24.0 Å². The molecule has 0 fully saturated rings. The Morgan fingerprint density at radius 3 is 2.71 bits per heavy atom. The first-order valence-electron chi connectivity index (χ1n) is 7.29. The Morgan fingerprint density at radius 1 is 1.33 bits per heavy atom. The van der Waals surface area contributed by atoms with E-state index in [9.17, 15) is 0 Å². The molecule has 0 heterocycles. The quantitative estimate of drug-likeness (QED) is 0.250. The molecule has 1 aromatic carbocycles. The van der Waals surface area contributed by atoms with Crippen molar-refractivity contribution >= 4 is 29.9 Å². The van der Waals surface area contributed by atoms with Gasteiger partial charge in [0.05, 0.1) is 0 Å². The van der Waals surface area contributed by atoms with Gasteiger partial charge in [-0.1, -0.05) is 48.9 Å². The fraction of sp³-hybridized carbons (Fsp3) is 0.471. The maximum atomic E-state index is 4.24. The van der Waals surface area contributed by atoms with E-state index in [1.165, 1.54) is 11.1 Å². The molecule has 0 radical (unpaired) electrons. The van der Waals surface area contributed by atoms with Gasteiger partial charge in [-0.2, -0.15) is 0 Å². The highest BCUT2D eigenvalue weighted by Gasteiger charge is 2.06. The third kappa shape index (κ3) is 8.09. The molecule has 0 amide bonds. The number of aliphatic imine (C=N–C) groups is 1. The second-order valence-electron chi connectivity index (χ2n) is 5.05. The molecule has 1 aromatic rings. The summed E-state index contributed by atoms with van der Waals surface area (Å²) in [6, 6.07) is 8.67. The van der Waals surface area contributed by atoms with Crippen molar-refractivity contribution in [2.45, 2.75) is 33.1 Å². The summed E-state index contributed by atoms with van der Waals surface area (Å²) < 4.78 is 0. The van der Waals surface area contributed by atoms with Crippen LogP contribution in [0.5, 0.6) is 0 Å². The number of nitrogens with one attached hydrogen (secondary N) is 2. The van der Waals surface area contributed by atoms with Crippen molar-refractivity contribution < 1.29 is 0 Å². The zero-order valence-electron chi connectivity index (χ0n) is 13.5. The lowest BCUT2D eigenvalue weighted by Gasteiger charge is -2.16. The number of allylic oxidation sites excluding steroid dienone is 1. The SMILES string of the molecule is C/C=C/CCNC(=NC)NCC(C)c1cccc(C)c1.I. The molecule has 0 saturated carbocycles. The van der Waals surface area contributed by atoms with Crippen LogP contribution in [-0.4, -0.2) is 26.1 Å². The van der Waals surface area contributed by atoms with E-state index >= 15 is 0 Å². The second-order valence-corrected chi connectivity index (χ2v) is 5.05. The Bertz CT molecular complexity index is 455. The van der Waals surface area contributed by atoms with Crippen molar-refractivity contribution in [1.29, 1.82) is 0 Å². The lowest BCUT2D eigenvalue weighted by molar-refractivity contribution is 0.698. The molecule has 0 aliphatic carbocycles. The number of hydrogen-bond donors (Lipinski definition) is 2. The molecule has 0 aromatic heterocycles. The van der Waals surface area contributed by atoms with E-state index in [2.05, 4.69) is 65.9 Å². The Labute approximate surface area is 146 Å². The number of nitrogens with zero attached hydrogens (tertiary/aromatic N) is 1. The number of benzene rings is 1. The molecule has 0 aliphatic rings. The molecular weight excluding hydrogens is 373 g/mol. The molecule has 0 spiro atoms. The summed E-state index contributed by atoms with van der Waals surface area (Å²) in [5.74, 6) is 1.33. The van der Waals surface area contributed by atoms with Gasteiger partial charge in [0.15, 0.2) is 5.96 Å². The Morgan fingerprint density at radius 2 is 2.10 bits per heavy atom. The number of guanidine groups is 1. The van der Waals surface area contributed by atoms with Crippen LogP contribution in [0.25, 0.3) is 0 Å². The summed E-state index contributed by atoms with van der Waals surface area (Å²) in [6.07, 6.45) is 5.23. The fourth-order valence-electron chi connectivity index (χ4n) is 2.01. The van der Waals surface area contributed by atoms with E-state index in [0.29, 0.717) is 5.92 Å². The average Bonchev–Trinajstić information content (AvgIpc) is 2.46. The zero-order chi connectivity index (χ0) is 14.8. The van der Waals surface area contributed by atoms with Crippen LogP contribution in [0.15, 0.2) is 41.4 Å². The Balaban J connectivity index is 0.00000400. The largest absolute Gasteiger partial charge is 0.356 e. The van der Waals surface area contributed by atoms with Crippen LogP contribution >= 0.6 is 24.0 Å². The van der Waals surface area contributed by atoms with Crippen molar-refractivity contribution in [2.75, 3.05) is 20.1 Å². The van der Waals surface area contributed by atoms with Crippen molar-refractivity contribution in [3.8, 4) is 0 Å². The number of halogens is 1. The predicted molar refractivity (Wildman–Crippen MR) is 104 cm³/mol. The first-order valence-corrected chi connectivity index (χ1v) is 7.29. The van der Waals surface area contributed by atoms with E-state index in [1.807, 2.05) is 14.0 Å². The molecule has 21 heavy (non-hydrogen) atoms. The van der Waals surface area contributed by atoms with Gasteiger partial charge < -0.3 is 10.6 Å². The number of hydrogen-bond acceptors (Lipinski definition) is 1. The third-order valence-corrected chi connectivity index (χ3v) is 3.25. The van der Waals surface area contributed by atoms with Gasteiger partial charge in [-0.3, -0.25) is 4.99 Å². The van der Waals surface area contributed by atoms with Crippen LogP contribution in [0, 0.1) is 6.92 Å². The second kappa shape index (κ2) is 11.6. The summed E-state index contributed by atoms with van der Waals surface area (Å²) in [5.41, 5.74) is 2.67. The van der Waals surface area contributed by atoms with E-state index in [0.717, 1.165) is 25.5 Å². The molecule has 1 rings (SSSR count). The molecule has 1 unspecified atom stereocenters. The molecule has 0 bridgehead atoms. The standard InChI is InChI=1S/C17H27N3.HI/c1-5-6-7-11-19-17(18-4)20-13-15(3)16-10-8-9-14(2)12-16;/h5-6,8-10,12,15H,7,11,13H2,1-4H3,(H2,18,19,20);1H/b6-5+;. The van der Waals surface area contributed by atoms with Gasteiger partial charge in [0.25, 0.3) is 0 Å². The Hall–Kier alpha value is -1.04. The van der Waals surface area contributed by atoms with Crippen molar-refractivity contribution in [3.05, 3.63) is 47.5 Å². The third-order valence-electron chi connectivity index (χ3n) is 3.25. The van der Waals surface area contributed by atoms with Gasteiger partial charge in [0.2, 0.25) is 0 Å². The van der Waals surface area contributed by atoms with Crippen molar-refractivity contribution in [2.24, 2.45) is 4.99 Å². The lowest BCUT2D eigenvalue weighted by Crippen LogP contribution is -2.39. The van der Waals surface area contributed by atoms with Gasteiger partial charge in [-0.05, 0) is 31.7 Å². The maximum absolute atomic E-state index is 4.24. The maximum Gasteiger partial charge on any atom is 0.191 e. The van der Waals surface area contributed by atoms with Gasteiger partial charge in [0, 0.05) is 20.1 Å². The number of rotatable bonds is 6. The molecule has 0 aliphatic heterocycles. The topological polar surface area (TPSA) is 36.4 Å². The molecule has 0 saturated heterocycles. The summed E-state index contributed by atoms with van der Waals surface area (Å²) in [7, 11) is 1.81. The van der Waals surface area contributed by atoms with E-state index in [4.69, 9.17) is 0 Å². The summed E-state index contributed by atoms with van der Waals surface area (Å²) in [4.78, 5) is 4.24. The molecule has 3 nitrogen and oxygen atoms in total. The van der Waals surface area contributed by atoms with Crippen LogP contribution < -0.4 is 10.6 Å². The van der Waals surface area contributed by atoms with Crippen molar-refractivity contribution in [3.63, 3.8) is 0 Å². The first-order chi connectivity index (χ1) is 9.67. The van der Waals surface area contributed by atoms with Gasteiger partial charge in [-0.15, -0.1) is 24.0 Å². The molecule has 118 valence electrons. The smallest absolute Gasteiger partial charge is 0.191 e. The average molecular weight is 401 g/mol. The van der Waals surface area contributed by atoms with Gasteiger partial charge in [0.1, 0.15) is 0 Å². The highest BCUT2D eigenvalue weighted by Crippen LogP contribution is 2.15. The number of aryl methyl sites for hydroxylation is 1. The minimum Gasteiger partial charge on any atom is -0.356 e. The fourth-order valence-corrected chi connectivity index (χ4v) is 2.01. The zero-order valence-corrected chi connectivity index (χ0v) is 15.8. The van der Waals surface area contributed by atoms with Crippen LogP contribution in [0.4, 0.5) is 0 Å². The first kappa shape index (κ1) is 20.0. The predicted octanol–water partition coefficient (Wildman–Crippen LogP) is 3.85. The van der Waals surface area contributed by atoms with Crippen molar-refractivity contribution in [1.82, 2.24) is 10.6 Å². The molecule has 4 heteroatoms. The van der Waals surface area contributed by atoms with E-state index < -0.39 is 0 Å². The minimum atomic E-state index is 0. The normalized spacial score (nSPS) is 12.9. The van der Waals surface area contributed by atoms with Crippen LogP contribution in [0.1, 0.15) is 37.3 Å². The minimum absolute atomic E-state index is 0. The summed E-state index contributed by atoms with van der Waals surface area (Å²) in [6.45, 7) is 8.19. The van der Waals surface area contributed by atoms with Crippen LogP contribution in [0.2, 0.25) is 0 Å². The van der Waals surface area contributed by atoms with E-state index in [1.54, 1.807) is 0 Å². The summed E-state index contributed by atoms with van der Waals surface area (Å²) >= 11 is 0. The summed E-state index contributed by atoms with van der Waals surface area (Å²) in [5, 5.41) is 6.69. The monoisotopic (exact) mass is 401 g/mol. The Kier molecular flexibility index (Phi) is 11.0. The highest BCUT2D eigenvalue weighted by molar-refractivity contribution is 14.0. The molecule has 1 atom stereocenters. The van der Waals surface area contributed by atoms with Gasteiger partial charge >= 0.3 is 0 Å². The molecular formula is C17H28IN3.